The Morgan fingerprint density at radius 1 is 1.13 bits per heavy atom. The van der Waals surface area contributed by atoms with Crippen LogP contribution in [-0.4, -0.2) is 10.7 Å². The maximum Gasteiger partial charge on any atom is 0.204 e. The van der Waals surface area contributed by atoms with E-state index in [9.17, 15) is 9.90 Å². The van der Waals surface area contributed by atoms with Gasteiger partial charge in [0.2, 0.25) is 5.43 Å². The van der Waals surface area contributed by atoms with Crippen LogP contribution >= 0.6 is 0 Å². The van der Waals surface area contributed by atoms with Crippen LogP contribution < -0.4 is 10.2 Å². The summed E-state index contributed by atoms with van der Waals surface area (Å²) in [5, 5.41) is 11.2. The van der Waals surface area contributed by atoms with E-state index in [4.69, 9.17) is 9.15 Å². The molecule has 0 unspecified atom stereocenters. The van der Waals surface area contributed by atoms with Crippen LogP contribution in [0.4, 0.5) is 0 Å². The molecule has 1 aliphatic heterocycles. The lowest BCUT2D eigenvalue weighted by Gasteiger charge is -2.28. The fourth-order valence-corrected chi connectivity index (χ4v) is 2.95. The highest BCUT2D eigenvalue weighted by atomic mass is 16.5. The van der Waals surface area contributed by atoms with Crippen LogP contribution in [0.15, 0.2) is 39.6 Å². The summed E-state index contributed by atoms with van der Waals surface area (Å²) >= 11 is 0. The molecule has 0 saturated heterocycles. The molecule has 23 heavy (non-hydrogen) atoms. The summed E-state index contributed by atoms with van der Waals surface area (Å²) in [7, 11) is 0. The third kappa shape index (κ3) is 2.02. The molecule has 2 aromatic carbocycles. The molecule has 0 radical (unpaired) electrons. The van der Waals surface area contributed by atoms with Gasteiger partial charge in [-0.05, 0) is 45.1 Å². The summed E-state index contributed by atoms with van der Waals surface area (Å²) in [6.45, 7) is 5.76. The van der Waals surface area contributed by atoms with Crippen LogP contribution in [-0.2, 0) is 0 Å². The number of aromatic hydroxyl groups is 1. The Bertz CT molecular complexity index is 1050. The van der Waals surface area contributed by atoms with Crippen molar-refractivity contribution in [3.8, 4) is 11.5 Å². The Labute approximate surface area is 132 Å². The van der Waals surface area contributed by atoms with Gasteiger partial charge in [-0.1, -0.05) is 11.6 Å². The number of hydrogen-bond donors (Lipinski definition) is 1. The second-order valence-corrected chi connectivity index (χ2v) is 6.48. The van der Waals surface area contributed by atoms with Gasteiger partial charge in [-0.25, -0.2) is 0 Å². The lowest BCUT2D eigenvalue weighted by Crippen LogP contribution is -2.27. The van der Waals surface area contributed by atoms with Gasteiger partial charge in [0.05, 0.1) is 10.9 Å². The second-order valence-electron chi connectivity index (χ2n) is 6.48. The van der Waals surface area contributed by atoms with E-state index in [-0.39, 0.29) is 16.6 Å². The van der Waals surface area contributed by atoms with Crippen LogP contribution in [0, 0.1) is 6.92 Å². The van der Waals surface area contributed by atoms with Gasteiger partial charge in [0, 0.05) is 6.07 Å². The predicted octanol–water partition coefficient (Wildman–Crippen LogP) is 4.14. The van der Waals surface area contributed by atoms with Crippen LogP contribution in [0.3, 0.4) is 0 Å². The molecule has 4 nitrogen and oxygen atoms in total. The third-order valence-corrected chi connectivity index (χ3v) is 4.12. The summed E-state index contributed by atoms with van der Waals surface area (Å²) in [5.41, 5.74) is 1.60. The number of phenols is 1. The van der Waals surface area contributed by atoms with Crippen molar-refractivity contribution in [1.82, 2.24) is 0 Å². The quantitative estimate of drug-likeness (QED) is 0.634. The fraction of sp³-hybridized carbons (Fsp3) is 0.211. The molecule has 2 heterocycles. The molecular weight excluding hydrogens is 292 g/mol. The van der Waals surface area contributed by atoms with Crippen molar-refractivity contribution in [2.45, 2.75) is 26.4 Å². The highest BCUT2D eigenvalue weighted by Gasteiger charge is 2.26. The zero-order chi connectivity index (χ0) is 16.4. The number of phenolic OH excluding ortho intramolecular Hbond substituents is 1. The number of ether oxygens (including phenoxy) is 1. The Kier molecular flexibility index (Phi) is 2.64. The normalized spacial score (nSPS) is 15.6. The Morgan fingerprint density at radius 2 is 1.91 bits per heavy atom. The maximum atomic E-state index is 12.8. The van der Waals surface area contributed by atoms with Crippen LogP contribution in [0.25, 0.3) is 28.0 Å². The van der Waals surface area contributed by atoms with E-state index in [1.807, 2.05) is 32.9 Å². The smallest absolute Gasteiger partial charge is 0.204 e. The van der Waals surface area contributed by atoms with E-state index in [1.165, 1.54) is 0 Å². The lowest BCUT2D eigenvalue weighted by atomic mass is 9.99. The van der Waals surface area contributed by atoms with E-state index in [2.05, 4.69) is 0 Å². The van der Waals surface area contributed by atoms with Crippen molar-refractivity contribution < 1.29 is 14.3 Å². The molecule has 0 bridgehead atoms. The highest BCUT2D eigenvalue weighted by molar-refractivity contribution is 5.97. The summed E-state index contributed by atoms with van der Waals surface area (Å²) in [5.74, 6) is 0.415. The third-order valence-electron chi connectivity index (χ3n) is 4.12. The molecule has 0 atom stereocenters. The topological polar surface area (TPSA) is 59.7 Å². The van der Waals surface area contributed by atoms with Gasteiger partial charge < -0.3 is 14.3 Å². The standard InChI is InChI=1S/C19H16O4/c1-10-4-5-13-12(8-10)18(21)16-15(22-13)9-14-11(17(16)20)6-7-19(2,3)23-14/h4-9,20H,1-3H3. The Morgan fingerprint density at radius 3 is 2.70 bits per heavy atom. The maximum absolute atomic E-state index is 12.8. The molecule has 0 aliphatic carbocycles. The first-order valence-corrected chi connectivity index (χ1v) is 7.47. The second kappa shape index (κ2) is 4.38. The molecule has 0 fully saturated rings. The van der Waals surface area contributed by atoms with Gasteiger partial charge in [0.25, 0.3) is 0 Å². The first-order chi connectivity index (χ1) is 10.9. The van der Waals surface area contributed by atoms with Crippen molar-refractivity contribution in [2.24, 2.45) is 0 Å². The number of benzene rings is 2. The zero-order valence-corrected chi connectivity index (χ0v) is 13.1. The molecule has 1 aliphatic rings. The van der Waals surface area contributed by atoms with Gasteiger partial charge in [-0.2, -0.15) is 0 Å². The van der Waals surface area contributed by atoms with Crippen molar-refractivity contribution in [3.63, 3.8) is 0 Å². The van der Waals surface area contributed by atoms with Crippen molar-refractivity contribution in [2.75, 3.05) is 0 Å². The van der Waals surface area contributed by atoms with Crippen LogP contribution in [0.1, 0.15) is 25.0 Å². The summed E-state index contributed by atoms with van der Waals surface area (Å²) in [6, 6.07) is 7.11. The van der Waals surface area contributed by atoms with Gasteiger partial charge >= 0.3 is 0 Å². The van der Waals surface area contributed by atoms with Crippen molar-refractivity contribution >= 4 is 28.0 Å². The van der Waals surface area contributed by atoms with Crippen LogP contribution in [0.2, 0.25) is 0 Å². The number of hydrogen-bond acceptors (Lipinski definition) is 4. The minimum Gasteiger partial charge on any atom is -0.506 e. The minimum atomic E-state index is -0.471. The molecule has 4 heteroatoms. The molecule has 4 rings (SSSR count). The van der Waals surface area contributed by atoms with Crippen molar-refractivity contribution in [3.05, 3.63) is 51.7 Å². The molecule has 3 aromatic rings. The molecule has 0 saturated carbocycles. The molecular formula is C19H16O4. The fourth-order valence-electron chi connectivity index (χ4n) is 2.95. The van der Waals surface area contributed by atoms with E-state index >= 15 is 0 Å². The van der Waals surface area contributed by atoms with E-state index in [1.54, 1.807) is 24.3 Å². The Balaban J connectivity index is 2.15. The lowest BCUT2D eigenvalue weighted by molar-refractivity contribution is 0.158. The molecule has 116 valence electrons. The molecule has 1 N–H and O–H groups in total. The number of fused-ring (bicyclic) bond motifs is 3. The van der Waals surface area contributed by atoms with Gasteiger partial charge in [-0.15, -0.1) is 0 Å². The predicted molar refractivity (Wildman–Crippen MR) is 90.1 cm³/mol. The zero-order valence-electron chi connectivity index (χ0n) is 13.1. The average Bonchev–Trinajstić information content (AvgIpc) is 2.47. The minimum absolute atomic E-state index is 0.0959. The summed E-state index contributed by atoms with van der Waals surface area (Å²) < 4.78 is 11.7. The largest absolute Gasteiger partial charge is 0.506 e. The first-order valence-electron chi connectivity index (χ1n) is 7.47. The van der Waals surface area contributed by atoms with Gasteiger partial charge in [0.15, 0.2) is 0 Å². The molecule has 1 aromatic heterocycles. The van der Waals surface area contributed by atoms with Gasteiger partial charge in [0.1, 0.15) is 33.7 Å². The first kappa shape index (κ1) is 13.9. The molecule has 0 spiro atoms. The summed E-state index contributed by atoms with van der Waals surface area (Å²) in [4.78, 5) is 12.8. The van der Waals surface area contributed by atoms with Crippen molar-refractivity contribution in [1.29, 1.82) is 0 Å². The monoisotopic (exact) mass is 308 g/mol. The van der Waals surface area contributed by atoms with E-state index in [0.29, 0.717) is 27.9 Å². The van der Waals surface area contributed by atoms with Crippen LogP contribution in [0.5, 0.6) is 11.5 Å². The molecule has 0 amide bonds. The van der Waals surface area contributed by atoms with Gasteiger partial charge in [-0.3, -0.25) is 4.79 Å². The Hall–Kier alpha value is -2.75. The summed E-state index contributed by atoms with van der Waals surface area (Å²) in [6.07, 6.45) is 3.64. The van der Waals surface area contributed by atoms with E-state index < -0.39 is 5.60 Å². The number of rotatable bonds is 0. The average molecular weight is 308 g/mol. The van der Waals surface area contributed by atoms with E-state index in [0.717, 1.165) is 5.56 Å². The SMILES string of the molecule is Cc1ccc2oc3cc4c(c(O)c3c(=O)c2c1)C=CC(C)(C)O4. The number of aryl methyl sites for hydroxylation is 1. The highest BCUT2D eigenvalue weighted by Crippen LogP contribution is 2.41.